The first-order valence-electron chi connectivity index (χ1n) is 12.6. The number of aromatic nitrogens is 1. The minimum absolute atomic E-state index is 0.163. The second-order valence-electron chi connectivity index (χ2n) is 9.79. The normalized spacial score (nSPS) is 22.4. The number of para-hydroxylation sites is 1. The Hall–Kier alpha value is -3.17. The number of methoxy groups -OCH3 is 1. The average molecular weight is 497 g/mol. The van der Waals surface area contributed by atoms with E-state index in [0.717, 1.165) is 13.0 Å². The van der Waals surface area contributed by atoms with Crippen molar-refractivity contribution in [2.75, 3.05) is 40.9 Å². The fourth-order valence-electron chi connectivity index (χ4n) is 5.73. The van der Waals surface area contributed by atoms with Gasteiger partial charge in [0.1, 0.15) is 11.8 Å². The van der Waals surface area contributed by atoms with Crippen LogP contribution in [0, 0.1) is 11.8 Å². The summed E-state index contributed by atoms with van der Waals surface area (Å²) < 4.78 is 7.15. The molecule has 2 N–H and O–H groups in total. The van der Waals surface area contributed by atoms with Crippen molar-refractivity contribution in [2.45, 2.75) is 38.4 Å². The van der Waals surface area contributed by atoms with Crippen LogP contribution in [0.15, 0.2) is 41.2 Å². The summed E-state index contributed by atoms with van der Waals surface area (Å²) in [4.78, 5) is 43.7. The van der Waals surface area contributed by atoms with Crippen LogP contribution in [-0.4, -0.2) is 78.2 Å². The lowest BCUT2D eigenvalue weighted by molar-refractivity contribution is -0.141. The SMILES string of the molecule is CCC(=O)N1[C@@H]2c3ccc(-c4ccccc4OC)c(=O)n3C[C@@H]2[C@@H](CO)[C@@H]1C(=O)NCCCN(C)C. The first-order valence-corrected chi connectivity index (χ1v) is 12.6. The molecule has 2 aromatic rings. The molecule has 9 nitrogen and oxygen atoms in total. The molecule has 36 heavy (non-hydrogen) atoms. The fourth-order valence-corrected chi connectivity index (χ4v) is 5.73. The molecule has 0 saturated carbocycles. The van der Waals surface area contributed by atoms with Crippen molar-refractivity contribution in [3.8, 4) is 16.9 Å². The van der Waals surface area contributed by atoms with Crippen LogP contribution >= 0.6 is 0 Å². The van der Waals surface area contributed by atoms with Gasteiger partial charge in [-0.1, -0.05) is 25.1 Å². The van der Waals surface area contributed by atoms with Crippen LogP contribution in [-0.2, 0) is 16.1 Å². The number of pyridine rings is 1. The minimum atomic E-state index is -0.769. The zero-order valence-electron chi connectivity index (χ0n) is 21.4. The number of hydrogen-bond acceptors (Lipinski definition) is 6. The molecule has 1 aromatic heterocycles. The Morgan fingerprint density at radius 2 is 1.92 bits per heavy atom. The van der Waals surface area contributed by atoms with Gasteiger partial charge in [-0.15, -0.1) is 0 Å². The zero-order chi connectivity index (χ0) is 26.0. The lowest BCUT2D eigenvalue weighted by atomic mass is 9.88. The maximum Gasteiger partial charge on any atom is 0.258 e. The Balaban J connectivity index is 1.69. The molecule has 2 amide bonds. The van der Waals surface area contributed by atoms with Gasteiger partial charge in [-0.3, -0.25) is 14.4 Å². The number of amides is 2. The van der Waals surface area contributed by atoms with E-state index in [1.165, 1.54) is 0 Å². The molecular weight excluding hydrogens is 460 g/mol. The van der Waals surface area contributed by atoms with E-state index in [0.29, 0.717) is 35.7 Å². The average Bonchev–Trinajstić information content (AvgIpc) is 3.41. The number of aliphatic hydroxyl groups excluding tert-OH is 1. The summed E-state index contributed by atoms with van der Waals surface area (Å²) in [5.74, 6) is -0.500. The van der Waals surface area contributed by atoms with E-state index in [1.54, 1.807) is 29.6 Å². The summed E-state index contributed by atoms with van der Waals surface area (Å²) in [5.41, 5.74) is 1.75. The highest BCUT2D eigenvalue weighted by Gasteiger charge is 2.56. The number of carbonyl (C=O) groups is 2. The van der Waals surface area contributed by atoms with E-state index in [4.69, 9.17) is 4.74 Å². The molecule has 2 aliphatic rings. The van der Waals surface area contributed by atoms with Gasteiger partial charge in [0, 0.05) is 49.2 Å². The number of hydrogen-bond donors (Lipinski definition) is 2. The van der Waals surface area contributed by atoms with E-state index in [9.17, 15) is 19.5 Å². The summed E-state index contributed by atoms with van der Waals surface area (Å²) in [7, 11) is 5.52. The van der Waals surface area contributed by atoms with Crippen molar-refractivity contribution in [1.29, 1.82) is 0 Å². The first kappa shape index (κ1) is 25.9. The van der Waals surface area contributed by atoms with Crippen LogP contribution < -0.4 is 15.6 Å². The second-order valence-corrected chi connectivity index (χ2v) is 9.79. The van der Waals surface area contributed by atoms with Gasteiger partial charge in [-0.05, 0) is 45.3 Å². The van der Waals surface area contributed by atoms with Crippen molar-refractivity contribution in [3.05, 3.63) is 52.4 Å². The molecule has 4 rings (SSSR count). The van der Waals surface area contributed by atoms with Gasteiger partial charge in [0.2, 0.25) is 11.8 Å². The predicted molar refractivity (Wildman–Crippen MR) is 137 cm³/mol. The van der Waals surface area contributed by atoms with E-state index in [-0.39, 0.29) is 36.3 Å². The summed E-state index contributed by atoms with van der Waals surface area (Å²) in [6.45, 7) is 3.19. The fraction of sp³-hybridized carbons (Fsp3) is 0.519. The molecule has 4 atom stereocenters. The Kier molecular flexibility index (Phi) is 7.80. The Morgan fingerprint density at radius 3 is 2.58 bits per heavy atom. The van der Waals surface area contributed by atoms with Crippen molar-refractivity contribution in [3.63, 3.8) is 0 Å². The van der Waals surface area contributed by atoms with E-state index in [2.05, 4.69) is 5.32 Å². The predicted octanol–water partition coefficient (Wildman–Crippen LogP) is 1.49. The van der Waals surface area contributed by atoms with Gasteiger partial charge < -0.3 is 29.5 Å². The summed E-state index contributed by atoms with van der Waals surface area (Å²) in [5, 5.41) is 13.3. The maximum absolute atomic E-state index is 13.6. The van der Waals surface area contributed by atoms with Crippen LogP contribution in [0.5, 0.6) is 5.75 Å². The van der Waals surface area contributed by atoms with Crippen LogP contribution in [0.2, 0.25) is 0 Å². The lowest BCUT2D eigenvalue weighted by Gasteiger charge is -2.31. The quantitative estimate of drug-likeness (QED) is 0.510. The standard InChI is InChI=1S/C27H36N4O5/c1-5-23(33)31-24-19(20(16-32)25(31)26(34)28-13-8-14-29(2)3)15-30-21(24)12-11-18(27(30)35)17-9-6-7-10-22(17)36-4/h6-7,9-12,19-20,24-25,32H,5,8,13-16H2,1-4H3,(H,28,34)/t19-,20-,24+,25-/m1/s1. The molecule has 1 aromatic carbocycles. The van der Waals surface area contributed by atoms with Gasteiger partial charge in [0.05, 0.1) is 18.7 Å². The zero-order valence-corrected chi connectivity index (χ0v) is 21.4. The largest absolute Gasteiger partial charge is 0.496 e. The molecule has 2 aliphatic heterocycles. The number of likely N-dealkylation sites (tertiary alicyclic amines) is 1. The molecule has 0 radical (unpaired) electrons. The highest BCUT2D eigenvalue weighted by Crippen LogP contribution is 2.49. The smallest absolute Gasteiger partial charge is 0.258 e. The molecule has 194 valence electrons. The monoisotopic (exact) mass is 496 g/mol. The number of ether oxygens (including phenoxy) is 1. The molecule has 0 spiro atoms. The van der Waals surface area contributed by atoms with Crippen LogP contribution in [0.1, 0.15) is 31.5 Å². The number of aliphatic hydroxyl groups is 1. The number of fused-ring (bicyclic) bond motifs is 3. The summed E-state index contributed by atoms with van der Waals surface area (Å²) in [6, 6.07) is 9.80. The van der Waals surface area contributed by atoms with Gasteiger partial charge in [-0.25, -0.2) is 0 Å². The molecule has 0 unspecified atom stereocenters. The van der Waals surface area contributed by atoms with Crippen LogP contribution in [0.25, 0.3) is 11.1 Å². The number of rotatable bonds is 9. The maximum atomic E-state index is 13.6. The van der Waals surface area contributed by atoms with Crippen molar-refractivity contribution >= 4 is 11.8 Å². The van der Waals surface area contributed by atoms with Crippen molar-refractivity contribution < 1.29 is 19.4 Å². The molecule has 9 heteroatoms. The lowest BCUT2D eigenvalue weighted by Crippen LogP contribution is -2.50. The molecule has 0 bridgehead atoms. The number of nitrogens with zero attached hydrogens (tertiary/aromatic N) is 3. The first-order chi connectivity index (χ1) is 17.3. The topological polar surface area (TPSA) is 104 Å². The third-order valence-electron chi connectivity index (χ3n) is 7.41. The highest BCUT2D eigenvalue weighted by molar-refractivity contribution is 5.89. The highest BCUT2D eigenvalue weighted by atomic mass is 16.5. The van der Waals surface area contributed by atoms with E-state index >= 15 is 0 Å². The molecule has 0 aliphatic carbocycles. The van der Waals surface area contributed by atoms with Gasteiger partial charge in [-0.2, -0.15) is 0 Å². The second kappa shape index (κ2) is 10.8. The molecule has 3 heterocycles. The van der Waals surface area contributed by atoms with Gasteiger partial charge in [0.15, 0.2) is 0 Å². The van der Waals surface area contributed by atoms with Crippen molar-refractivity contribution in [1.82, 2.24) is 19.7 Å². The summed E-state index contributed by atoms with van der Waals surface area (Å²) >= 11 is 0. The van der Waals surface area contributed by atoms with Crippen LogP contribution in [0.4, 0.5) is 0 Å². The number of carbonyl (C=O) groups excluding carboxylic acids is 2. The molecular formula is C27H36N4O5. The third-order valence-corrected chi connectivity index (χ3v) is 7.41. The number of nitrogens with one attached hydrogen (secondary N) is 1. The Morgan fingerprint density at radius 1 is 1.17 bits per heavy atom. The number of benzene rings is 1. The third kappa shape index (κ3) is 4.53. The Bertz CT molecular complexity index is 1180. The molecule has 1 fully saturated rings. The Labute approximate surface area is 211 Å². The van der Waals surface area contributed by atoms with Crippen LogP contribution in [0.3, 0.4) is 0 Å². The van der Waals surface area contributed by atoms with Gasteiger partial charge >= 0.3 is 0 Å². The van der Waals surface area contributed by atoms with Crippen molar-refractivity contribution in [2.24, 2.45) is 11.8 Å². The van der Waals surface area contributed by atoms with Gasteiger partial charge in [0.25, 0.3) is 5.56 Å². The van der Waals surface area contributed by atoms with E-state index in [1.807, 2.05) is 49.3 Å². The van der Waals surface area contributed by atoms with E-state index < -0.39 is 18.0 Å². The summed E-state index contributed by atoms with van der Waals surface area (Å²) in [6.07, 6.45) is 1.02. The molecule has 1 saturated heterocycles. The minimum Gasteiger partial charge on any atom is -0.496 e.